The first kappa shape index (κ1) is 9.90. The molecule has 4 heteroatoms. The molecule has 0 radical (unpaired) electrons. The average molecular weight is 220 g/mol. The van der Waals surface area contributed by atoms with Gasteiger partial charge in [-0.15, -0.1) is 0 Å². The van der Waals surface area contributed by atoms with Crippen LogP contribution < -0.4 is 5.32 Å². The molecule has 0 atom stereocenters. The number of aliphatic carboxylic acids is 1. The summed E-state index contributed by atoms with van der Waals surface area (Å²) in [5, 5.41) is 12.2. The molecule has 0 saturated heterocycles. The van der Waals surface area contributed by atoms with Crippen LogP contribution in [-0.2, 0) is 24.3 Å². The number of carbonyl (C=O) groups is 1. The molecule has 3 rings (SSSR count). The molecule has 2 aliphatic rings. The number of hydrogen-bond donors (Lipinski definition) is 3. The zero-order chi connectivity index (χ0) is 11.1. The van der Waals surface area contributed by atoms with Gasteiger partial charge in [-0.25, -0.2) is 0 Å². The lowest BCUT2D eigenvalue weighted by Gasteiger charge is -2.26. The van der Waals surface area contributed by atoms with Crippen molar-refractivity contribution in [2.75, 3.05) is 0 Å². The third-order valence-corrected chi connectivity index (χ3v) is 3.78. The third-order valence-electron chi connectivity index (χ3n) is 3.78. The Balaban J connectivity index is 1.99. The van der Waals surface area contributed by atoms with Gasteiger partial charge in [0.25, 0.3) is 0 Å². The zero-order valence-electron chi connectivity index (χ0n) is 9.18. The summed E-state index contributed by atoms with van der Waals surface area (Å²) in [7, 11) is 0. The maximum absolute atomic E-state index is 10.9. The quantitative estimate of drug-likeness (QED) is 0.723. The van der Waals surface area contributed by atoms with Crippen molar-refractivity contribution in [2.24, 2.45) is 0 Å². The van der Waals surface area contributed by atoms with E-state index in [-0.39, 0.29) is 6.42 Å². The van der Waals surface area contributed by atoms with Crippen LogP contribution in [0.1, 0.15) is 47.7 Å². The Morgan fingerprint density at radius 1 is 1.38 bits per heavy atom. The monoisotopic (exact) mass is 220 g/mol. The summed E-state index contributed by atoms with van der Waals surface area (Å²) in [6.07, 6.45) is 3.86. The first-order valence-electron chi connectivity index (χ1n) is 5.90. The Morgan fingerprint density at radius 2 is 2.19 bits per heavy atom. The third kappa shape index (κ3) is 1.45. The van der Waals surface area contributed by atoms with Crippen LogP contribution in [0.3, 0.4) is 0 Å². The van der Waals surface area contributed by atoms with Crippen molar-refractivity contribution >= 4 is 5.97 Å². The second-order valence-corrected chi connectivity index (χ2v) is 4.78. The Kier molecular flexibility index (Phi) is 2.24. The molecular weight excluding hydrogens is 204 g/mol. The van der Waals surface area contributed by atoms with E-state index in [1.165, 1.54) is 36.2 Å². The summed E-state index contributed by atoms with van der Waals surface area (Å²) in [5.74, 6) is -0.144. The Bertz CT molecular complexity index is 432. The zero-order valence-corrected chi connectivity index (χ0v) is 9.18. The lowest BCUT2D eigenvalue weighted by Crippen LogP contribution is -2.15. The highest BCUT2D eigenvalue weighted by molar-refractivity contribution is 5.72. The van der Waals surface area contributed by atoms with Gasteiger partial charge in [-0.2, -0.15) is 0 Å². The maximum Gasteiger partial charge on any atom is 0.307 e. The first-order chi connectivity index (χ1) is 7.75. The molecule has 1 saturated carbocycles. The smallest absolute Gasteiger partial charge is 0.307 e. The van der Waals surface area contributed by atoms with Crippen molar-refractivity contribution in [3.8, 4) is 0 Å². The van der Waals surface area contributed by atoms with Crippen molar-refractivity contribution in [1.29, 1.82) is 0 Å². The summed E-state index contributed by atoms with van der Waals surface area (Å²) in [6.45, 7) is 1.68. The Hall–Kier alpha value is -1.29. The van der Waals surface area contributed by atoms with Gasteiger partial charge in [0.1, 0.15) is 0 Å². The Morgan fingerprint density at radius 3 is 2.81 bits per heavy atom. The molecule has 2 heterocycles. The maximum atomic E-state index is 10.9. The number of H-pyrrole nitrogens is 1. The molecule has 1 aromatic heterocycles. The first-order valence-corrected chi connectivity index (χ1v) is 5.90. The minimum absolute atomic E-state index is 0.166. The molecular formula is C12H16N2O2. The molecule has 86 valence electrons. The van der Waals surface area contributed by atoms with Crippen LogP contribution in [0.4, 0.5) is 0 Å². The number of aromatic amines is 1. The van der Waals surface area contributed by atoms with E-state index >= 15 is 0 Å². The molecule has 1 aliphatic heterocycles. The van der Waals surface area contributed by atoms with Crippen LogP contribution in [-0.4, -0.2) is 16.1 Å². The number of carboxylic acids is 1. The number of rotatable bonds is 3. The molecule has 4 nitrogen and oxygen atoms in total. The van der Waals surface area contributed by atoms with Crippen LogP contribution in [0, 0.1) is 0 Å². The van der Waals surface area contributed by atoms with Crippen molar-refractivity contribution in [2.45, 2.75) is 44.7 Å². The van der Waals surface area contributed by atoms with Gasteiger partial charge in [-0.3, -0.25) is 4.79 Å². The number of carboxylic acid groups (broad SMARTS) is 1. The molecule has 0 aromatic carbocycles. The molecule has 1 aliphatic carbocycles. The highest BCUT2D eigenvalue weighted by Crippen LogP contribution is 2.40. The fourth-order valence-electron chi connectivity index (χ4n) is 2.73. The van der Waals surface area contributed by atoms with E-state index in [0.717, 1.165) is 18.7 Å². The largest absolute Gasteiger partial charge is 0.481 e. The van der Waals surface area contributed by atoms with Gasteiger partial charge in [-0.1, -0.05) is 6.42 Å². The van der Waals surface area contributed by atoms with E-state index in [9.17, 15) is 4.79 Å². The fourth-order valence-corrected chi connectivity index (χ4v) is 2.73. The Labute approximate surface area is 94.1 Å². The standard InChI is InChI=1S/C12H16N2O2/c15-11(16)4-8-9-5-13-6-10(9)14-12(8)7-2-1-3-7/h7,13-14H,1-6H2,(H,15,16). The van der Waals surface area contributed by atoms with Gasteiger partial charge in [0.2, 0.25) is 0 Å². The molecule has 16 heavy (non-hydrogen) atoms. The van der Waals surface area contributed by atoms with E-state index in [4.69, 9.17) is 5.11 Å². The summed E-state index contributed by atoms with van der Waals surface area (Å²) >= 11 is 0. The second kappa shape index (κ2) is 3.63. The number of fused-ring (bicyclic) bond motifs is 1. The van der Waals surface area contributed by atoms with Crippen LogP contribution in [0.15, 0.2) is 0 Å². The van der Waals surface area contributed by atoms with Crippen LogP contribution in [0.25, 0.3) is 0 Å². The minimum atomic E-state index is -0.728. The van der Waals surface area contributed by atoms with E-state index < -0.39 is 5.97 Å². The number of hydrogen-bond acceptors (Lipinski definition) is 2. The summed E-state index contributed by atoms with van der Waals surface area (Å²) in [6, 6.07) is 0. The molecule has 0 spiro atoms. The van der Waals surface area contributed by atoms with Crippen LogP contribution in [0.2, 0.25) is 0 Å². The molecule has 1 fully saturated rings. The van der Waals surface area contributed by atoms with E-state index in [1.807, 2.05) is 0 Å². The predicted molar refractivity (Wildman–Crippen MR) is 59.3 cm³/mol. The number of aromatic nitrogens is 1. The highest BCUT2D eigenvalue weighted by Gasteiger charge is 2.29. The van der Waals surface area contributed by atoms with Crippen molar-refractivity contribution < 1.29 is 9.90 Å². The van der Waals surface area contributed by atoms with Crippen molar-refractivity contribution in [1.82, 2.24) is 10.3 Å². The SMILES string of the molecule is O=C(O)Cc1c(C2CCC2)[nH]c2c1CNC2. The second-order valence-electron chi connectivity index (χ2n) is 4.78. The van der Waals surface area contributed by atoms with Gasteiger partial charge >= 0.3 is 5.97 Å². The van der Waals surface area contributed by atoms with Gasteiger partial charge in [-0.05, 0) is 29.9 Å². The van der Waals surface area contributed by atoms with E-state index in [1.54, 1.807) is 0 Å². The normalized spacial score (nSPS) is 19.5. The summed E-state index contributed by atoms with van der Waals surface area (Å²) in [4.78, 5) is 14.4. The van der Waals surface area contributed by atoms with Gasteiger partial charge in [0.05, 0.1) is 6.42 Å². The predicted octanol–water partition coefficient (Wildman–Crippen LogP) is 1.51. The number of nitrogens with one attached hydrogen (secondary N) is 2. The van der Waals surface area contributed by atoms with Crippen molar-refractivity contribution in [3.63, 3.8) is 0 Å². The molecule has 0 amide bonds. The van der Waals surface area contributed by atoms with Crippen LogP contribution in [0.5, 0.6) is 0 Å². The van der Waals surface area contributed by atoms with Gasteiger partial charge in [0.15, 0.2) is 0 Å². The summed E-state index contributed by atoms with van der Waals surface area (Å²) < 4.78 is 0. The van der Waals surface area contributed by atoms with Gasteiger partial charge in [0, 0.05) is 24.5 Å². The van der Waals surface area contributed by atoms with E-state index in [2.05, 4.69) is 10.3 Å². The van der Waals surface area contributed by atoms with Crippen molar-refractivity contribution in [3.05, 3.63) is 22.5 Å². The fraction of sp³-hybridized carbons (Fsp3) is 0.583. The lowest BCUT2D eigenvalue weighted by atomic mass is 9.81. The van der Waals surface area contributed by atoms with E-state index in [0.29, 0.717) is 5.92 Å². The van der Waals surface area contributed by atoms with Gasteiger partial charge < -0.3 is 15.4 Å². The lowest BCUT2D eigenvalue weighted by molar-refractivity contribution is -0.136. The molecule has 3 N–H and O–H groups in total. The molecule has 1 aromatic rings. The minimum Gasteiger partial charge on any atom is -0.481 e. The topological polar surface area (TPSA) is 65.1 Å². The average Bonchev–Trinajstić information content (AvgIpc) is 2.66. The highest BCUT2D eigenvalue weighted by atomic mass is 16.4. The molecule has 0 bridgehead atoms. The summed E-state index contributed by atoms with van der Waals surface area (Å²) in [5.41, 5.74) is 4.68. The van der Waals surface area contributed by atoms with Crippen LogP contribution >= 0.6 is 0 Å². The molecule has 0 unspecified atom stereocenters.